The van der Waals surface area contributed by atoms with E-state index in [9.17, 15) is 82.0 Å². The van der Waals surface area contributed by atoms with Crippen LogP contribution in [0.5, 0.6) is 0 Å². The summed E-state index contributed by atoms with van der Waals surface area (Å²) in [6.45, 7) is 2.56. The van der Waals surface area contributed by atoms with Gasteiger partial charge in [-0.25, -0.2) is 27.6 Å². The summed E-state index contributed by atoms with van der Waals surface area (Å²) in [6.07, 6.45) is -0.852. The molecule has 3 rings (SSSR count). The lowest BCUT2D eigenvalue weighted by Gasteiger charge is -2.29. The van der Waals surface area contributed by atoms with Gasteiger partial charge in [-0.2, -0.15) is 0 Å². The molecule has 6 atom stereocenters. The normalized spacial score (nSPS) is 17.5. The van der Waals surface area contributed by atoms with E-state index >= 15 is 0 Å². The quantitative estimate of drug-likeness (QED) is 0.0383. The Morgan fingerprint density at radius 1 is 0.648 bits per heavy atom. The standard InChI is InChI=1S/C48H64O22S/c1-5-29(40(52)53)16-33(41(54)55)14-27(3)15-34(42(56)57)17-30(6-2)43(58)67-25-48(23-49,24-50)26-68-44(59)31-8-7-9-32(18-31)46(61)69-28(4)22-66-45(60)35-19-36(21-39(20-35)71(63,64)65)47(62)70-38-12-10-37(51)11-13-38/h7-9,18-21,27-30,33-34,37-38,49-51H,5-6,10-17,22-26H2,1-4H3,(H,52,53)(H,54,55)(H,56,57)(H,63,64,65)/p-1. The number of hydrogen-bond acceptors (Lipinski definition) is 19. The molecule has 0 aromatic heterocycles. The topological polar surface area (TPSA) is 361 Å². The Morgan fingerprint density at radius 3 is 1.63 bits per heavy atom. The second kappa shape index (κ2) is 27.6. The maximum Gasteiger partial charge on any atom is 0.338 e. The molecule has 0 bridgehead atoms. The number of esters is 5. The van der Waals surface area contributed by atoms with Gasteiger partial charge in [-0.1, -0.05) is 26.8 Å². The molecule has 0 amide bonds. The van der Waals surface area contributed by atoms with E-state index in [1.807, 2.05) is 0 Å². The number of carbonyl (C=O) groups is 8. The molecule has 394 valence electrons. The van der Waals surface area contributed by atoms with Crippen LogP contribution in [-0.4, -0.2) is 143 Å². The number of carbonyl (C=O) groups excluding carboxylic acids is 5. The van der Waals surface area contributed by atoms with E-state index < -0.39 is 160 Å². The summed E-state index contributed by atoms with van der Waals surface area (Å²) in [7, 11) is -5.16. The van der Waals surface area contributed by atoms with Gasteiger partial charge in [-0.15, -0.1) is 0 Å². The molecule has 0 aliphatic heterocycles. The molecule has 0 radical (unpaired) electrons. The Hall–Kier alpha value is -6.01. The minimum absolute atomic E-state index is 0.00655. The fourth-order valence-electron chi connectivity index (χ4n) is 7.84. The number of carboxylic acid groups (broad SMARTS) is 3. The van der Waals surface area contributed by atoms with Gasteiger partial charge in [0.1, 0.15) is 42.1 Å². The average Bonchev–Trinajstić information content (AvgIpc) is 3.33. The van der Waals surface area contributed by atoms with Crippen LogP contribution in [0.1, 0.15) is 133 Å². The highest BCUT2D eigenvalue weighted by Gasteiger charge is 2.36. The van der Waals surface area contributed by atoms with Crippen molar-refractivity contribution in [1.29, 1.82) is 0 Å². The molecule has 2 aromatic rings. The first-order valence-corrected chi connectivity index (χ1v) is 24.5. The van der Waals surface area contributed by atoms with E-state index in [1.54, 1.807) is 20.8 Å². The molecule has 1 aliphatic rings. The van der Waals surface area contributed by atoms with Gasteiger partial charge in [0.05, 0.1) is 75.6 Å². The number of hydrogen-bond donors (Lipinski definition) is 6. The highest BCUT2D eigenvalue weighted by atomic mass is 32.2. The molecule has 2 aromatic carbocycles. The van der Waals surface area contributed by atoms with Gasteiger partial charge in [-0.05, 0) is 113 Å². The molecule has 1 aliphatic carbocycles. The van der Waals surface area contributed by atoms with Crippen molar-refractivity contribution in [2.75, 3.05) is 33.0 Å². The van der Waals surface area contributed by atoms with Crippen molar-refractivity contribution in [3.8, 4) is 0 Å². The maximum atomic E-state index is 13.3. The van der Waals surface area contributed by atoms with Crippen LogP contribution in [0.15, 0.2) is 47.4 Å². The fourth-order valence-corrected chi connectivity index (χ4v) is 8.38. The molecule has 1 saturated carbocycles. The van der Waals surface area contributed by atoms with E-state index in [1.165, 1.54) is 25.1 Å². The third-order valence-corrected chi connectivity index (χ3v) is 13.1. The molecule has 22 nitrogen and oxygen atoms in total. The zero-order valence-corrected chi connectivity index (χ0v) is 40.7. The molecule has 0 saturated heterocycles. The molecule has 6 N–H and O–H groups in total. The van der Waals surface area contributed by atoms with Crippen molar-refractivity contribution in [2.45, 2.75) is 115 Å². The first-order valence-electron chi connectivity index (χ1n) is 23.1. The number of aliphatic carboxylic acids is 3. The summed E-state index contributed by atoms with van der Waals surface area (Å²) in [4.78, 5) is 100. The second-order valence-corrected chi connectivity index (χ2v) is 19.5. The van der Waals surface area contributed by atoms with E-state index in [-0.39, 0.29) is 49.7 Å². The molecule has 23 heteroatoms. The lowest BCUT2D eigenvalue weighted by molar-refractivity contribution is -0.158. The Kier molecular flexibility index (Phi) is 23.0. The third kappa shape index (κ3) is 18.6. The Bertz CT molecular complexity index is 2300. The first-order chi connectivity index (χ1) is 33.3. The highest BCUT2D eigenvalue weighted by molar-refractivity contribution is 7.85. The zero-order valence-electron chi connectivity index (χ0n) is 39.9. The Labute approximate surface area is 410 Å². The van der Waals surface area contributed by atoms with Crippen LogP contribution in [0.2, 0.25) is 0 Å². The number of aliphatic hydroxyl groups excluding tert-OH is 3. The Morgan fingerprint density at radius 2 is 1.13 bits per heavy atom. The van der Waals surface area contributed by atoms with E-state index in [0.717, 1.165) is 18.2 Å². The minimum Gasteiger partial charge on any atom is -0.744 e. The molecule has 71 heavy (non-hydrogen) atoms. The predicted molar refractivity (Wildman–Crippen MR) is 243 cm³/mol. The number of benzene rings is 2. The van der Waals surface area contributed by atoms with Gasteiger partial charge in [-0.3, -0.25) is 19.2 Å². The molecular formula is C48H63O22S-. The SMILES string of the molecule is CCC(CC(CC(C)CC(CC(CC)C(=O)OCC(CO)(CO)COC(=O)c1cccc(C(=O)OC(C)COC(=O)c2cc(C(=O)OC3CCC(O)CC3)cc(S(=O)(=O)[O-])c2)c1)C(=O)O)C(=O)O)C(=O)O. The van der Waals surface area contributed by atoms with Gasteiger partial charge in [0, 0.05) is 0 Å². The van der Waals surface area contributed by atoms with Gasteiger partial charge in [0.2, 0.25) is 0 Å². The van der Waals surface area contributed by atoms with Gasteiger partial charge in [0.15, 0.2) is 0 Å². The van der Waals surface area contributed by atoms with Crippen LogP contribution < -0.4 is 0 Å². The molecular weight excluding hydrogens is 961 g/mol. The third-order valence-electron chi connectivity index (χ3n) is 12.3. The van der Waals surface area contributed by atoms with Crippen molar-refractivity contribution in [1.82, 2.24) is 0 Å². The molecule has 0 heterocycles. The van der Waals surface area contributed by atoms with Crippen LogP contribution in [0.3, 0.4) is 0 Å². The number of carboxylic acids is 3. The predicted octanol–water partition coefficient (Wildman–Crippen LogP) is 3.86. The largest absolute Gasteiger partial charge is 0.744 e. The lowest BCUT2D eigenvalue weighted by atomic mass is 9.81. The van der Waals surface area contributed by atoms with Crippen LogP contribution in [-0.2, 0) is 53.0 Å². The average molecular weight is 1020 g/mol. The minimum atomic E-state index is -5.16. The Balaban J connectivity index is 1.59. The number of ether oxygens (including phenoxy) is 5. The van der Waals surface area contributed by atoms with Crippen LogP contribution in [0.25, 0.3) is 0 Å². The summed E-state index contributed by atoms with van der Waals surface area (Å²) < 4.78 is 62.3. The van der Waals surface area contributed by atoms with E-state index in [2.05, 4.69) is 0 Å². The molecule has 0 spiro atoms. The van der Waals surface area contributed by atoms with Crippen molar-refractivity contribution in [3.05, 3.63) is 64.7 Å². The smallest absolute Gasteiger partial charge is 0.338 e. The summed E-state index contributed by atoms with van der Waals surface area (Å²) in [6, 6.07) is 7.41. The molecule has 6 unspecified atom stereocenters. The van der Waals surface area contributed by atoms with Crippen molar-refractivity contribution >= 4 is 57.9 Å². The van der Waals surface area contributed by atoms with Crippen LogP contribution in [0.4, 0.5) is 0 Å². The van der Waals surface area contributed by atoms with Crippen LogP contribution in [0, 0.1) is 35.0 Å². The maximum absolute atomic E-state index is 13.3. The number of rotatable bonds is 29. The van der Waals surface area contributed by atoms with Gasteiger partial charge >= 0.3 is 47.8 Å². The fraction of sp³-hybridized carbons (Fsp3) is 0.583. The highest BCUT2D eigenvalue weighted by Crippen LogP contribution is 2.31. The lowest BCUT2D eigenvalue weighted by Crippen LogP contribution is -2.41. The number of aliphatic hydroxyl groups is 3. The summed E-state index contributed by atoms with van der Waals surface area (Å²) >= 11 is 0. The first kappa shape index (κ1) is 59.3. The zero-order chi connectivity index (χ0) is 53.2. The van der Waals surface area contributed by atoms with Crippen molar-refractivity contribution in [3.63, 3.8) is 0 Å². The summed E-state index contributed by atoms with van der Waals surface area (Å²) in [5, 5.41) is 59.3. The van der Waals surface area contributed by atoms with E-state index in [4.69, 9.17) is 23.7 Å². The second-order valence-electron chi connectivity index (χ2n) is 18.1. The summed E-state index contributed by atoms with van der Waals surface area (Å²) in [5.41, 5.74) is -3.00. The van der Waals surface area contributed by atoms with Gasteiger partial charge in [0.25, 0.3) is 0 Å². The van der Waals surface area contributed by atoms with E-state index in [0.29, 0.717) is 31.7 Å². The molecule has 1 fully saturated rings. The van der Waals surface area contributed by atoms with Crippen molar-refractivity contribution < 1.29 is 106 Å². The monoisotopic (exact) mass is 1020 g/mol. The van der Waals surface area contributed by atoms with Crippen LogP contribution >= 0.6 is 0 Å². The van der Waals surface area contributed by atoms with Crippen molar-refractivity contribution in [2.24, 2.45) is 35.0 Å². The van der Waals surface area contributed by atoms with Gasteiger partial charge < -0.3 is 58.9 Å². The summed E-state index contributed by atoms with van der Waals surface area (Å²) in [5.74, 6) is -13.2.